The summed E-state index contributed by atoms with van der Waals surface area (Å²) in [7, 11) is 0. The van der Waals surface area contributed by atoms with Gasteiger partial charge in [0.15, 0.2) is 28.6 Å². The molecule has 0 radical (unpaired) electrons. The van der Waals surface area contributed by atoms with Crippen LogP contribution in [0.15, 0.2) is 66.3 Å². The molecule has 0 fully saturated rings. The Morgan fingerprint density at radius 1 is 1.24 bits per heavy atom. The summed E-state index contributed by atoms with van der Waals surface area (Å²) >= 11 is 1.30. The molecule has 4 rings (SSSR count). The quantitative estimate of drug-likeness (QED) is 0.388. The van der Waals surface area contributed by atoms with Gasteiger partial charge in [-0.2, -0.15) is 0 Å². The maximum Gasteiger partial charge on any atom is 0.233 e. The smallest absolute Gasteiger partial charge is 0.233 e. The molecule has 0 bridgehead atoms. The fourth-order valence-corrected chi connectivity index (χ4v) is 4.32. The number of rotatable bonds is 8. The first kappa shape index (κ1) is 22.8. The van der Waals surface area contributed by atoms with Crippen molar-refractivity contribution in [3.8, 4) is 11.5 Å². The number of carbonyl (C=O) groups excluding carboxylic acids is 1. The number of ether oxygens (including phenoxy) is 2. The SMILES string of the molecule is C=CCn1c(S[C@H](C)C(=O)N[C@H](C)c2ccc(F)cc2)nnc1[C@@H]1COc2ccccc2O1. The van der Waals surface area contributed by atoms with Gasteiger partial charge in [-0.1, -0.05) is 42.1 Å². The molecule has 9 heteroatoms. The number of amides is 1. The Balaban J connectivity index is 1.45. The zero-order valence-corrected chi connectivity index (χ0v) is 19.2. The number of hydrogen-bond acceptors (Lipinski definition) is 6. The van der Waals surface area contributed by atoms with Crippen LogP contribution < -0.4 is 14.8 Å². The summed E-state index contributed by atoms with van der Waals surface area (Å²) in [6.07, 6.45) is 1.32. The molecule has 0 saturated heterocycles. The second kappa shape index (κ2) is 10.1. The molecule has 0 saturated carbocycles. The Bertz CT molecular complexity index is 1130. The number of thioether (sulfide) groups is 1. The Hall–Kier alpha value is -3.33. The van der Waals surface area contributed by atoms with Crippen LogP contribution in [0.25, 0.3) is 0 Å². The van der Waals surface area contributed by atoms with E-state index >= 15 is 0 Å². The van der Waals surface area contributed by atoms with Crippen LogP contribution in [0, 0.1) is 5.82 Å². The van der Waals surface area contributed by atoms with E-state index in [-0.39, 0.29) is 17.8 Å². The topological polar surface area (TPSA) is 78.3 Å². The van der Waals surface area contributed by atoms with E-state index < -0.39 is 11.4 Å². The standard InChI is InChI=1S/C24H25FN4O3S/c1-4-13-29-22(21-14-31-19-7-5-6-8-20(19)32-21)27-28-24(29)33-16(3)23(30)26-15(2)17-9-11-18(25)12-10-17/h4-12,15-16,21H,1,13-14H2,2-3H3,(H,26,30)/t15-,16-,21+/m1/s1. The first-order valence-corrected chi connectivity index (χ1v) is 11.5. The lowest BCUT2D eigenvalue weighted by Gasteiger charge is -2.26. The molecule has 33 heavy (non-hydrogen) atoms. The highest BCUT2D eigenvalue weighted by molar-refractivity contribution is 8.00. The minimum absolute atomic E-state index is 0.155. The van der Waals surface area contributed by atoms with E-state index in [9.17, 15) is 9.18 Å². The number of allylic oxidation sites excluding steroid dienone is 1. The molecule has 172 valence electrons. The lowest BCUT2D eigenvalue weighted by molar-refractivity contribution is -0.120. The van der Waals surface area contributed by atoms with Crippen molar-refractivity contribution in [2.75, 3.05) is 6.61 Å². The van der Waals surface area contributed by atoms with E-state index in [1.165, 1.54) is 23.9 Å². The molecule has 1 aromatic heterocycles. The van der Waals surface area contributed by atoms with Gasteiger partial charge in [0.2, 0.25) is 5.91 Å². The largest absolute Gasteiger partial charge is 0.485 e. The van der Waals surface area contributed by atoms with E-state index in [1.807, 2.05) is 35.8 Å². The Morgan fingerprint density at radius 3 is 2.70 bits per heavy atom. The van der Waals surface area contributed by atoms with Gasteiger partial charge in [-0.25, -0.2) is 4.39 Å². The lowest BCUT2D eigenvalue weighted by Crippen LogP contribution is -2.33. The normalized spacial score (nSPS) is 16.6. The molecular formula is C24H25FN4O3S. The molecule has 1 amide bonds. The van der Waals surface area contributed by atoms with Crippen molar-refractivity contribution >= 4 is 17.7 Å². The molecule has 0 aliphatic carbocycles. The van der Waals surface area contributed by atoms with Crippen LogP contribution in [-0.4, -0.2) is 32.5 Å². The fourth-order valence-electron chi connectivity index (χ4n) is 3.45. The Labute approximate surface area is 196 Å². The summed E-state index contributed by atoms with van der Waals surface area (Å²) in [5.41, 5.74) is 0.828. The van der Waals surface area contributed by atoms with Gasteiger partial charge in [0.25, 0.3) is 0 Å². The van der Waals surface area contributed by atoms with Crippen molar-refractivity contribution in [2.45, 2.75) is 42.9 Å². The minimum Gasteiger partial charge on any atom is -0.485 e. The predicted molar refractivity (Wildman–Crippen MR) is 124 cm³/mol. The summed E-state index contributed by atoms with van der Waals surface area (Å²) in [6.45, 7) is 8.27. The molecule has 3 aromatic rings. The lowest BCUT2D eigenvalue weighted by atomic mass is 10.1. The maximum absolute atomic E-state index is 13.2. The summed E-state index contributed by atoms with van der Waals surface area (Å²) < 4.78 is 26.9. The van der Waals surface area contributed by atoms with E-state index in [1.54, 1.807) is 25.1 Å². The Kier molecular flexibility index (Phi) is 6.98. The number of benzene rings is 2. The third-order valence-electron chi connectivity index (χ3n) is 5.23. The molecule has 2 aromatic carbocycles. The molecule has 0 spiro atoms. The highest BCUT2D eigenvalue weighted by Crippen LogP contribution is 2.36. The highest BCUT2D eigenvalue weighted by Gasteiger charge is 2.29. The second-order valence-electron chi connectivity index (χ2n) is 7.65. The molecule has 7 nitrogen and oxygen atoms in total. The number of fused-ring (bicyclic) bond motifs is 1. The number of carbonyl (C=O) groups is 1. The molecule has 3 atom stereocenters. The highest BCUT2D eigenvalue weighted by atomic mass is 32.2. The van der Waals surface area contributed by atoms with Gasteiger partial charge >= 0.3 is 0 Å². The fraction of sp³-hybridized carbons (Fsp3) is 0.292. The van der Waals surface area contributed by atoms with Gasteiger partial charge in [-0.3, -0.25) is 9.36 Å². The molecule has 0 unspecified atom stereocenters. The average Bonchev–Trinajstić information content (AvgIpc) is 3.21. The molecule has 1 aliphatic rings. The van der Waals surface area contributed by atoms with Crippen LogP contribution in [0.1, 0.15) is 37.4 Å². The van der Waals surface area contributed by atoms with Crippen LogP contribution in [0.3, 0.4) is 0 Å². The molecular weight excluding hydrogens is 443 g/mol. The van der Waals surface area contributed by atoms with E-state index in [0.29, 0.717) is 35.6 Å². The number of halogens is 1. The second-order valence-corrected chi connectivity index (χ2v) is 8.95. The summed E-state index contributed by atoms with van der Waals surface area (Å²) in [5, 5.41) is 11.8. The minimum atomic E-state index is -0.433. The van der Waals surface area contributed by atoms with Crippen LogP contribution >= 0.6 is 11.8 Å². The van der Waals surface area contributed by atoms with E-state index in [2.05, 4.69) is 22.1 Å². The summed E-state index contributed by atoms with van der Waals surface area (Å²) in [6, 6.07) is 13.3. The molecule has 2 heterocycles. The third-order valence-corrected chi connectivity index (χ3v) is 6.31. The van der Waals surface area contributed by atoms with E-state index in [4.69, 9.17) is 9.47 Å². The summed E-state index contributed by atoms with van der Waals surface area (Å²) in [4.78, 5) is 12.8. The van der Waals surface area contributed by atoms with Gasteiger partial charge in [0.05, 0.1) is 11.3 Å². The molecule has 1 N–H and O–H groups in total. The number of nitrogens with zero attached hydrogens (tertiary/aromatic N) is 3. The monoisotopic (exact) mass is 468 g/mol. The van der Waals surface area contributed by atoms with Gasteiger partial charge in [-0.05, 0) is 43.7 Å². The first-order valence-electron chi connectivity index (χ1n) is 10.6. The van der Waals surface area contributed by atoms with Crippen LogP contribution in [0.2, 0.25) is 0 Å². The zero-order valence-electron chi connectivity index (χ0n) is 18.4. The molecule has 1 aliphatic heterocycles. The maximum atomic E-state index is 13.2. The van der Waals surface area contributed by atoms with Crippen molar-refractivity contribution in [2.24, 2.45) is 0 Å². The van der Waals surface area contributed by atoms with Crippen LogP contribution in [-0.2, 0) is 11.3 Å². The zero-order chi connectivity index (χ0) is 23.4. The average molecular weight is 469 g/mol. The van der Waals surface area contributed by atoms with Crippen molar-refractivity contribution in [1.29, 1.82) is 0 Å². The van der Waals surface area contributed by atoms with Gasteiger partial charge in [0.1, 0.15) is 12.4 Å². The summed E-state index contributed by atoms with van der Waals surface area (Å²) in [5.74, 6) is 1.49. The van der Waals surface area contributed by atoms with Crippen LogP contribution in [0.5, 0.6) is 11.5 Å². The Morgan fingerprint density at radius 2 is 1.97 bits per heavy atom. The first-order chi connectivity index (χ1) is 16.0. The van der Waals surface area contributed by atoms with Crippen molar-refractivity contribution in [1.82, 2.24) is 20.1 Å². The van der Waals surface area contributed by atoms with Crippen molar-refractivity contribution < 1.29 is 18.7 Å². The van der Waals surface area contributed by atoms with E-state index in [0.717, 1.165) is 5.56 Å². The van der Waals surface area contributed by atoms with Gasteiger partial charge in [0, 0.05) is 6.54 Å². The van der Waals surface area contributed by atoms with Crippen molar-refractivity contribution in [3.05, 3.63) is 78.4 Å². The number of aromatic nitrogens is 3. The predicted octanol–water partition coefficient (Wildman–Crippen LogP) is 4.47. The number of nitrogens with one attached hydrogen (secondary N) is 1. The van der Waals surface area contributed by atoms with Crippen LogP contribution in [0.4, 0.5) is 4.39 Å². The van der Waals surface area contributed by atoms with Crippen molar-refractivity contribution in [3.63, 3.8) is 0 Å². The van der Waals surface area contributed by atoms with Gasteiger partial charge in [-0.15, -0.1) is 16.8 Å². The third kappa shape index (κ3) is 5.19. The number of hydrogen-bond donors (Lipinski definition) is 1. The number of para-hydroxylation sites is 2. The van der Waals surface area contributed by atoms with Gasteiger partial charge < -0.3 is 14.8 Å².